The summed E-state index contributed by atoms with van der Waals surface area (Å²) >= 11 is 0. The monoisotopic (exact) mass is 502 g/mol. The molecule has 37 heavy (non-hydrogen) atoms. The number of nitrogens with one attached hydrogen (secondary N) is 1. The molecule has 0 bridgehead atoms. The fourth-order valence-electron chi connectivity index (χ4n) is 4.45. The molecule has 9 heteroatoms. The minimum atomic E-state index is -0.183. The van der Waals surface area contributed by atoms with Crippen LogP contribution in [0.4, 0.5) is 16.2 Å². The van der Waals surface area contributed by atoms with Crippen LogP contribution in [-0.4, -0.2) is 69.2 Å². The lowest BCUT2D eigenvalue weighted by molar-refractivity contribution is 0.181. The van der Waals surface area contributed by atoms with Gasteiger partial charge in [0.1, 0.15) is 34.5 Å². The zero-order chi connectivity index (χ0) is 25.9. The van der Waals surface area contributed by atoms with E-state index in [9.17, 15) is 4.79 Å². The van der Waals surface area contributed by atoms with Crippen molar-refractivity contribution in [2.45, 2.75) is 6.92 Å². The molecule has 0 radical (unpaired) electrons. The summed E-state index contributed by atoms with van der Waals surface area (Å²) in [5, 5.41) is 2.96. The van der Waals surface area contributed by atoms with Crippen molar-refractivity contribution in [2.75, 3.05) is 52.8 Å². The lowest BCUT2D eigenvalue weighted by Gasteiger charge is -2.36. The van der Waals surface area contributed by atoms with E-state index < -0.39 is 0 Å². The Morgan fingerprint density at radius 1 is 0.865 bits per heavy atom. The first-order chi connectivity index (χ1) is 18.0. The van der Waals surface area contributed by atoms with Gasteiger partial charge in [0.05, 0.1) is 32.6 Å². The van der Waals surface area contributed by atoms with Gasteiger partial charge in [0.25, 0.3) is 0 Å². The van der Waals surface area contributed by atoms with Gasteiger partial charge in [0.15, 0.2) is 5.75 Å². The summed E-state index contributed by atoms with van der Waals surface area (Å²) in [4.78, 5) is 22.0. The summed E-state index contributed by atoms with van der Waals surface area (Å²) in [6.07, 6.45) is 0. The molecular formula is C28H30N4O5. The number of carbonyl (C=O) groups excluding carboxylic acids is 1. The van der Waals surface area contributed by atoms with Gasteiger partial charge in [-0.1, -0.05) is 6.07 Å². The number of anilines is 1. The van der Waals surface area contributed by atoms with E-state index in [1.54, 1.807) is 44.4 Å². The minimum absolute atomic E-state index is 0.183. The molecule has 1 fully saturated rings. The number of hydrogen-bond acceptors (Lipinski definition) is 7. The normalized spacial score (nSPS) is 14.4. The summed E-state index contributed by atoms with van der Waals surface area (Å²) in [6, 6.07) is 16.8. The minimum Gasteiger partial charge on any atom is -0.497 e. The first-order valence-electron chi connectivity index (χ1n) is 12.1. The third kappa shape index (κ3) is 4.97. The van der Waals surface area contributed by atoms with Crippen LogP contribution >= 0.6 is 0 Å². The zero-order valence-corrected chi connectivity index (χ0v) is 21.4. The van der Waals surface area contributed by atoms with Crippen molar-refractivity contribution in [3.8, 4) is 28.7 Å². The quantitative estimate of drug-likeness (QED) is 0.537. The molecule has 0 aromatic heterocycles. The van der Waals surface area contributed by atoms with Crippen molar-refractivity contribution in [1.82, 2.24) is 9.80 Å². The molecule has 0 spiro atoms. The van der Waals surface area contributed by atoms with Crippen LogP contribution in [0.3, 0.4) is 0 Å². The van der Waals surface area contributed by atoms with Crippen LogP contribution in [0.5, 0.6) is 28.7 Å². The van der Waals surface area contributed by atoms with E-state index in [4.69, 9.17) is 23.9 Å². The highest BCUT2D eigenvalue weighted by Gasteiger charge is 2.28. The van der Waals surface area contributed by atoms with E-state index >= 15 is 0 Å². The van der Waals surface area contributed by atoms with Gasteiger partial charge in [-0.15, -0.1) is 0 Å². The summed E-state index contributed by atoms with van der Waals surface area (Å²) in [5.41, 5.74) is 3.31. The number of piperazine rings is 1. The molecule has 0 unspecified atom stereocenters. The predicted octanol–water partition coefficient (Wildman–Crippen LogP) is 5.05. The summed E-state index contributed by atoms with van der Waals surface area (Å²) in [6.45, 7) is 4.32. The molecule has 192 valence electrons. The number of methoxy groups -OCH3 is 3. The van der Waals surface area contributed by atoms with Gasteiger partial charge in [0, 0.05) is 32.2 Å². The Labute approximate surface area is 216 Å². The van der Waals surface area contributed by atoms with Crippen molar-refractivity contribution < 1.29 is 23.7 Å². The Morgan fingerprint density at radius 2 is 1.59 bits per heavy atom. The zero-order valence-electron chi connectivity index (χ0n) is 21.4. The van der Waals surface area contributed by atoms with Gasteiger partial charge < -0.3 is 34.1 Å². The summed E-state index contributed by atoms with van der Waals surface area (Å²) in [7, 11) is 4.79. The number of urea groups is 1. The van der Waals surface area contributed by atoms with Gasteiger partial charge in [0.2, 0.25) is 0 Å². The van der Waals surface area contributed by atoms with Crippen LogP contribution in [0.1, 0.15) is 11.1 Å². The molecule has 2 aliphatic rings. The lowest BCUT2D eigenvalue weighted by Crippen LogP contribution is -2.51. The molecule has 2 aliphatic heterocycles. The van der Waals surface area contributed by atoms with Gasteiger partial charge in [-0.2, -0.15) is 0 Å². The second-order valence-corrected chi connectivity index (χ2v) is 8.84. The number of rotatable bonds is 4. The van der Waals surface area contributed by atoms with Crippen molar-refractivity contribution >= 4 is 23.2 Å². The number of aryl methyl sites for hydroxylation is 1. The Hall–Kier alpha value is -4.40. The maximum Gasteiger partial charge on any atom is 0.322 e. The molecule has 1 saturated heterocycles. The van der Waals surface area contributed by atoms with E-state index in [-0.39, 0.29) is 6.03 Å². The molecule has 3 aromatic carbocycles. The average Bonchev–Trinajstić information content (AvgIpc) is 3.09. The van der Waals surface area contributed by atoms with Crippen LogP contribution < -0.4 is 24.3 Å². The Morgan fingerprint density at radius 3 is 2.32 bits per heavy atom. The fraction of sp³-hybridized carbons (Fsp3) is 0.286. The number of carbonyl (C=O) groups is 1. The molecule has 5 rings (SSSR count). The van der Waals surface area contributed by atoms with Crippen molar-refractivity contribution in [2.24, 2.45) is 4.99 Å². The highest BCUT2D eigenvalue weighted by Crippen LogP contribution is 2.40. The highest BCUT2D eigenvalue weighted by molar-refractivity contribution is 6.04. The molecule has 2 amide bonds. The number of ether oxygens (including phenoxy) is 4. The van der Waals surface area contributed by atoms with Gasteiger partial charge >= 0.3 is 6.03 Å². The molecule has 0 saturated carbocycles. The van der Waals surface area contributed by atoms with E-state index in [0.717, 1.165) is 34.1 Å². The number of fused-ring (bicyclic) bond motifs is 2. The number of nitrogens with zero attached hydrogens (tertiary/aromatic N) is 3. The Kier molecular flexibility index (Phi) is 6.76. The summed E-state index contributed by atoms with van der Waals surface area (Å²) in [5.74, 6) is 4.16. The molecule has 1 N–H and O–H groups in total. The molecule has 0 aliphatic carbocycles. The Bertz CT molecular complexity index is 1350. The van der Waals surface area contributed by atoms with Crippen LogP contribution in [0.2, 0.25) is 0 Å². The maximum atomic E-state index is 13.0. The summed E-state index contributed by atoms with van der Waals surface area (Å²) < 4.78 is 22.4. The number of amides is 2. The van der Waals surface area contributed by atoms with Gasteiger partial charge in [-0.3, -0.25) is 0 Å². The topological polar surface area (TPSA) is 84.9 Å². The third-order valence-corrected chi connectivity index (χ3v) is 6.51. The number of aliphatic imine (C=N–C) groups is 1. The van der Waals surface area contributed by atoms with E-state index in [0.29, 0.717) is 49.1 Å². The van der Waals surface area contributed by atoms with Crippen LogP contribution in [-0.2, 0) is 0 Å². The molecular weight excluding hydrogens is 472 g/mol. The van der Waals surface area contributed by atoms with E-state index in [1.165, 1.54) is 0 Å². The van der Waals surface area contributed by atoms with Crippen LogP contribution in [0.15, 0.2) is 59.6 Å². The molecule has 0 atom stereocenters. The first-order valence-corrected chi connectivity index (χ1v) is 12.1. The number of amidine groups is 1. The highest BCUT2D eigenvalue weighted by atomic mass is 16.5. The van der Waals surface area contributed by atoms with Crippen molar-refractivity contribution in [3.05, 3.63) is 65.7 Å². The third-order valence-electron chi connectivity index (χ3n) is 6.51. The average molecular weight is 503 g/mol. The fourth-order valence-corrected chi connectivity index (χ4v) is 4.45. The molecule has 2 heterocycles. The maximum absolute atomic E-state index is 13.0. The van der Waals surface area contributed by atoms with E-state index in [2.05, 4.69) is 10.2 Å². The number of hydrogen-bond donors (Lipinski definition) is 1. The Balaban J connectivity index is 1.36. The second-order valence-electron chi connectivity index (χ2n) is 8.84. The van der Waals surface area contributed by atoms with Crippen molar-refractivity contribution in [3.63, 3.8) is 0 Å². The largest absolute Gasteiger partial charge is 0.497 e. The van der Waals surface area contributed by atoms with E-state index in [1.807, 2.05) is 43.3 Å². The van der Waals surface area contributed by atoms with Crippen LogP contribution in [0.25, 0.3) is 0 Å². The van der Waals surface area contributed by atoms with Gasteiger partial charge in [-0.05, 0) is 55.0 Å². The second kappa shape index (κ2) is 10.3. The lowest BCUT2D eigenvalue weighted by atomic mass is 10.1. The predicted molar refractivity (Wildman–Crippen MR) is 142 cm³/mol. The first kappa shape index (κ1) is 24.3. The smallest absolute Gasteiger partial charge is 0.322 e. The van der Waals surface area contributed by atoms with Gasteiger partial charge in [-0.25, -0.2) is 9.79 Å². The molecule has 9 nitrogen and oxygen atoms in total. The van der Waals surface area contributed by atoms with Crippen molar-refractivity contribution in [1.29, 1.82) is 0 Å². The SMILES string of the molecule is COc1ccc(NC(=O)N2CCN(C3=Nc4ccc(C)cc4Oc4ccc(OC)cc43)CC2)c(OC)c1. The molecule has 3 aromatic rings. The van der Waals surface area contributed by atoms with Crippen LogP contribution in [0, 0.1) is 6.92 Å². The standard InChI is InChI=1S/C28H30N4O5/c1-18-5-8-23-26(15-18)37-24-10-7-19(34-2)16-21(24)27(29-23)31-11-13-32(14-12-31)28(33)30-22-9-6-20(35-3)17-25(22)36-4/h5-10,15-17H,11-14H2,1-4H3,(H,30,33). The number of benzene rings is 3.